The smallest absolute Gasteiger partial charge is 0.223 e. The minimum absolute atomic E-state index is 0.103. The van der Waals surface area contributed by atoms with Crippen molar-refractivity contribution in [3.63, 3.8) is 0 Å². The van der Waals surface area contributed by atoms with Crippen molar-refractivity contribution in [1.29, 1.82) is 0 Å². The van der Waals surface area contributed by atoms with E-state index in [0.717, 1.165) is 36.3 Å². The topological polar surface area (TPSA) is 59.2 Å². The van der Waals surface area contributed by atoms with E-state index in [2.05, 4.69) is 11.1 Å². The predicted molar refractivity (Wildman–Crippen MR) is 78.3 cm³/mol. The number of rotatable bonds is 1. The van der Waals surface area contributed by atoms with Gasteiger partial charge >= 0.3 is 0 Å². The Morgan fingerprint density at radius 1 is 1.47 bits per heavy atom. The van der Waals surface area contributed by atoms with Crippen LogP contribution in [0, 0.1) is 0 Å². The van der Waals surface area contributed by atoms with E-state index in [1.807, 2.05) is 22.4 Å². The molecule has 0 saturated carbocycles. The Hall–Kier alpha value is -1.88. The number of hydrogen-bond donors (Lipinski definition) is 1. The van der Waals surface area contributed by atoms with Crippen molar-refractivity contribution in [2.24, 2.45) is 0 Å². The Bertz CT molecular complexity index is 635. The summed E-state index contributed by atoms with van der Waals surface area (Å²) in [6.07, 6.45) is 2.02. The largest absolute Gasteiger partial charge is 0.375 e. The summed E-state index contributed by atoms with van der Waals surface area (Å²) in [7, 11) is 0. The third kappa shape index (κ3) is 2.21. The Morgan fingerprint density at radius 2 is 2.32 bits per heavy atom. The molecule has 19 heavy (non-hydrogen) atoms. The van der Waals surface area contributed by atoms with Gasteiger partial charge < -0.3 is 10.6 Å². The monoisotopic (exact) mass is 273 g/mol. The lowest BCUT2D eigenvalue weighted by molar-refractivity contribution is -0.116. The molecule has 5 heteroatoms. The molecule has 0 saturated heterocycles. The standard InChI is InChI=1S/C14H15N3OS/c1-9(18)17-6-2-3-11-7-10(4-5-13(11)17)12-8-19-14(15)16-12/h4-5,7-8H,2-3,6H2,1H3,(H2,15,16). The minimum atomic E-state index is 0.103. The number of anilines is 2. The highest BCUT2D eigenvalue weighted by molar-refractivity contribution is 7.13. The number of benzene rings is 1. The summed E-state index contributed by atoms with van der Waals surface area (Å²) in [6.45, 7) is 2.43. The van der Waals surface area contributed by atoms with Crippen LogP contribution >= 0.6 is 11.3 Å². The number of hydrogen-bond acceptors (Lipinski definition) is 4. The van der Waals surface area contributed by atoms with Gasteiger partial charge in [-0.05, 0) is 30.5 Å². The zero-order valence-electron chi connectivity index (χ0n) is 10.7. The van der Waals surface area contributed by atoms with Gasteiger partial charge in [0.2, 0.25) is 5.91 Å². The molecule has 3 rings (SSSR count). The molecule has 1 aromatic heterocycles. The summed E-state index contributed by atoms with van der Waals surface area (Å²) >= 11 is 1.44. The first-order valence-electron chi connectivity index (χ1n) is 6.27. The highest BCUT2D eigenvalue weighted by Crippen LogP contribution is 2.32. The summed E-state index contributed by atoms with van der Waals surface area (Å²) < 4.78 is 0. The molecule has 4 nitrogen and oxygen atoms in total. The van der Waals surface area contributed by atoms with E-state index in [-0.39, 0.29) is 5.91 Å². The number of carbonyl (C=O) groups is 1. The van der Waals surface area contributed by atoms with Gasteiger partial charge in [0, 0.05) is 30.1 Å². The summed E-state index contributed by atoms with van der Waals surface area (Å²) in [5, 5.41) is 2.54. The average molecular weight is 273 g/mol. The van der Waals surface area contributed by atoms with E-state index in [1.54, 1.807) is 6.92 Å². The third-order valence-corrected chi connectivity index (χ3v) is 4.07. The number of aromatic nitrogens is 1. The molecule has 1 aliphatic rings. The lowest BCUT2D eigenvalue weighted by atomic mass is 9.98. The SMILES string of the molecule is CC(=O)N1CCCc2cc(-c3csc(N)n3)ccc21. The minimum Gasteiger partial charge on any atom is -0.375 e. The highest BCUT2D eigenvalue weighted by Gasteiger charge is 2.20. The molecular weight excluding hydrogens is 258 g/mol. The zero-order chi connectivity index (χ0) is 13.4. The molecule has 1 aliphatic heterocycles. The number of fused-ring (bicyclic) bond motifs is 1. The fourth-order valence-corrected chi connectivity index (χ4v) is 3.08. The van der Waals surface area contributed by atoms with Crippen LogP contribution in [0.15, 0.2) is 23.6 Å². The zero-order valence-corrected chi connectivity index (χ0v) is 11.5. The first-order valence-corrected chi connectivity index (χ1v) is 7.15. The van der Waals surface area contributed by atoms with E-state index in [1.165, 1.54) is 16.9 Å². The van der Waals surface area contributed by atoms with Gasteiger partial charge in [0.15, 0.2) is 5.13 Å². The predicted octanol–water partition coefficient (Wildman–Crippen LogP) is 2.69. The molecule has 0 atom stereocenters. The second-order valence-corrected chi connectivity index (χ2v) is 5.58. The van der Waals surface area contributed by atoms with Crippen molar-refractivity contribution in [2.45, 2.75) is 19.8 Å². The Kier molecular flexibility index (Phi) is 2.98. The first-order chi connectivity index (χ1) is 9.15. The lowest BCUT2D eigenvalue weighted by Gasteiger charge is -2.28. The maximum atomic E-state index is 11.6. The van der Waals surface area contributed by atoms with E-state index >= 15 is 0 Å². The molecule has 0 aliphatic carbocycles. The van der Waals surface area contributed by atoms with Crippen molar-refractivity contribution in [2.75, 3.05) is 17.2 Å². The molecule has 98 valence electrons. The van der Waals surface area contributed by atoms with Gasteiger partial charge in [-0.3, -0.25) is 4.79 Å². The summed E-state index contributed by atoms with van der Waals surface area (Å²) in [5.41, 5.74) is 9.89. The van der Waals surface area contributed by atoms with Crippen LogP contribution in [0.3, 0.4) is 0 Å². The molecule has 2 N–H and O–H groups in total. The van der Waals surface area contributed by atoms with E-state index in [9.17, 15) is 4.79 Å². The van der Waals surface area contributed by atoms with Gasteiger partial charge in [-0.1, -0.05) is 6.07 Å². The number of thiazole rings is 1. The van der Waals surface area contributed by atoms with Gasteiger partial charge in [0.1, 0.15) is 0 Å². The molecule has 2 aromatic rings. The van der Waals surface area contributed by atoms with Crippen molar-refractivity contribution < 1.29 is 4.79 Å². The van der Waals surface area contributed by atoms with Crippen LogP contribution in [0.5, 0.6) is 0 Å². The number of amides is 1. The van der Waals surface area contributed by atoms with Crippen molar-refractivity contribution in [3.05, 3.63) is 29.1 Å². The normalized spacial score (nSPS) is 14.3. The summed E-state index contributed by atoms with van der Waals surface area (Å²) in [4.78, 5) is 17.8. The second kappa shape index (κ2) is 4.66. The fraction of sp³-hybridized carbons (Fsp3) is 0.286. The van der Waals surface area contributed by atoms with E-state index in [4.69, 9.17) is 5.73 Å². The quantitative estimate of drug-likeness (QED) is 0.869. The molecule has 1 amide bonds. The lowest BCUT2D eigenvalue weighted by Crippen LogP contribution is -2.33. The fourth-order valence-electron chi connectivity index (χ4n) is 2.50. The average Bonchev–Trinajstić information content (AvgIpc) is 2.84. The van der Waals surface area contributed by atoms with Crippen LogP contribution in [-0.2, 0) is 11.2 Å². The molecule has 1 aromatic carbocycles. The molecule has 0 spiro atoms. The Morgan fingerprint density at radius 3 is 3.00 bits per heavy atom. The highest BCUT2D eigenvalue weighted by atomic mass is 32.1. The van der Waals surface area contributed by atoms with Gasteiger partial charge in [0.05, 0.1) is 5.69 Å². The summed E-state index contributed by atoms with van der Waals surface area (Å²) in [6, 6.07) is 6.15. The van der Waals surface area contributed by atoms with E-state index < -0.39 is 0 Å². The van der Waals surface area contributed by atoms with Crippen molar-refractivity contribution >= 4 is 28.1 Å². The molecule has 2 heterocycles. The molecule has 0 fully saturated rings. The molecule has 0 unspecified atom stereocenters. The maximum absolute atomic E-state index is 11.6. The second-order valence-electron chi connectivity index (χ2n) is 4.69. The summed E-state index contributed by atoms with van der Waals surface area (Å²) in [5.74, 6) is 0.103. The van der Waals surface area contributed by atoms with Crippen LogP contribution in [0.4, 0.5) is 10.8 Å². The number of nitrogens with zero attached hydrogens (tertiary/aromatic N) is 2. The number of aryl methyl sites for hydroxylation is 1. The first kappa shape index (κ1) is 12.2. The van der Waals surface area contributed by atoms with Crippen molar-refractivity contribution in [1.82, 2.24) is 4.98 Å². The van der Waals surface area contributed by atoms with Crippen molar-refractivity contribution in [3.8, 4) is 11.3 Å². The number of nitrogen functional groups attached to an aromatic ring is 1. The van der Waals surface area contributed by atoms with Gasteiger partial charge in [-0.2, -0.15) is 0 Å². The maximum Gasteiger partial charge on any atom is 0.223 e. The van der Waals surface area contributed by atoms with Gasteiger partial charge in [0.25, 0.3) is 0 Å². The van der Waals surface area contributed by atoms with Crippen LogP contribution in [0.1, 0.15) is 18.9 Å². The van der Waals surface area contributed by atoms with Crippen LogP contribution in [-0.4, -0.2) is 17.4 Å². The van der Waals surface area contributed by atoms with Crippen LogP contribution in [0.25, 0.3) is 11.3 Å². The van der Waals surface area contributed by atoms with Gasteiger partial charge in [-0.15, -0.1) is 11.3 Å². The molecule has 0 radical (unpaired) electrons. The van der Waals surface area contributed by atoms with Gasteiger partial charge in [-0.25, -0.2) is 4.98 Å². The molecular formula is C14H15N3OS. The molecule has 0 bridgehead atoms. The third-order valence-electron chi connectivity index (χ3n) is 3.40. The number of nitrogens with two attached hydrogens (primary N) is 1. The Balaban J connectivity index is 2.02. The van der Waals surface area contributed by atoms with E-state index in [0.29, 0.717) is 5.13 Å². The van der Waals surface area contributed by atoms with Crippen LogP contribution in [0.2, 0.25) is 0 Å². The number of carbonyl (C=O) groups excluding carboxylic acids is 1. The van der Waals surface area contributed by atoms with Crippen LogP contribution < -0.4 is 10.6 Å². The Labute approximate surface area is 115 Å².